The molecule has 0 aliphatic carbocycles. The van der Waals surface area contributed by atoms with Gasteiger partial charge in [-0.1, -0.05) is 27.7 Å². The van der Waals surface area contributed by atoms with Gasteiger partial charge in [-0.05, 0) is 74.6 Å². The molecule has 4 aliphatic rings. The van der Waals surface area contributed by atoms with E-state index in [1.807, 2.05) is 75.3 Å². The number of amides is 1. The number of aromatic carboxylic acids is 1. The van der Waals surface area contributed by atoms with E-state index in [0.29, 0.717) is 48.6 Å². The zero-order valence-electron chi connectivity index (χ0n) is 42.1. The Morgan fingerprint density at radius 1 is 0.761 bits per heavy atom. The number of methoxy groups -OCH3 is 2. The summed E-state index contributed by atoms with van der Waals surface area (Å²) in [7, 11) is 3.33. The number of carbonyl (C=O) groups excluding carboxylic acids is 1. The van der Waals surface area contributed by atoms with E-state index in [4.69, 9.17) is 33.5 Å². The molecule has 71 heavy (non-hydrogen) atoms. The highest BCUT2D eigenvalue weighted by Crippen LogP contribution is 2.48. The number of nitrogens with zero attached hydrogens (tertiary/aromatic N) is 5. The molecule has 0 saturated carbocycles. The Balaban J connectivity index is 0.000000167. The summed E-state index contributed by atoms with van der Waals surface area (Å²) < 4.78 is 37.8. The Morgan fingerprint density at radius 2 is 1.27 bits per heavy atom. The first kappa shape index (κ1) is 52.3. The second-order valence-electron chi connectivity index (χ2n) is 19.6. The Kier molecular flexibility index (Phi) is 16.5. The highest BCUT2D eigenvalue weighted by molar-refractivity contribution is 7.99. The predicted molar refractivity (Wildman–Crippen MR) is 282 cm³/mol. The molecule has 0 unspecified atom stereocenters. The number of hydrogen-bond donors (Lipinski definition) is 2. The summed E-state index contributed by atoms with van der Waals surface area (Å²) >= 11 is 6.63. The van der Waals surface area contributed by atoms with Crippen molar-refractivity contribution in [3.8, 4) is 56.9 Å². The quantitative estimate of drug-likeness (QED) is 0.111. The molecule has 2 fully saturated rings. The number of fused-ring (bicyclic) bond motifs is 6. The van der Waals surface area contributed by atoms with Crippen LogP contribution in [0.3, 0.4) is 0 Å². The molecule has 10 rings (SSSR count). The molecular formula is C52H64N6O9S4. The van der Waals surface area contributed by atoms with E-state index in [1.165, 1.54) is 0 Å². The topological polar surface area (TPSA) is 161 Å². The number of carboxylic acid groups (broad SMARTS) is 1. The van der Waals surface area contributed by atoms with Crippen molar-refractivity contribution in [2.24, 2.45) is 11.8 Å². The minimum absolute atomic E-state index is 0.0269. The molecule has 380 valence electrons. The largest absolute Gasteiger partial charge is 0.495 e. The molecule has 6 aromatic rings. The monoisotopic (exact) mass is 1040 g/mol. The summed E-state index contributed by atoms with van der Waals surface area (Å²) in [5.41, 5.74) is 6.90. The van der Waals surface area contributed by atoms with Gasteiger partial charge in [0.2, 0.25) is 0 Å². The van der Waals surface area contributed by atoms with E-state index < -0.39 is 11.5 Å². The lowest BCUT2D eigenvalue weighted by Gasteiger charge is -2.41. The number of carboxylic acids is 1. The number of morpholine rings is 2. The second kappa shape index (κ2) is 22.4. The van der Waals surface area contributed by atoms with Gasteiger partial charge in [0.25, 0.3) is 5.91 Å². The van der Waals surface area contributed by atoms with Crippen LogP contribution in [-0.2, 0) is 22.7 Å². The standard InChI is InChI=1S/C26H31N3O4S2.C20H20N2O4S2.C6H13NO/c1-16(2)13-35-22-10-18-20(11-21(22)31-5)33-12-19-23(25(30)28-7-8-32-15-26(28,3)4)27-29(24(18)19)17-6-9-34-14-17;1-11(2)9-28-17-6-13-15(7-16(17)25-3)26-8-14-18(20(23)24)21-22(19(13)14)12-4-5-27-10-12;1-6(2)5-8-4-3-7-6/h6,9-11,14,16H,7-8,12-13,15H2,1-5H3;4-7,10-11H,8-9H2,1-3H3,(H,23,24);7H,3-5H2,1-2H3. The fourth-order valence-electron chi connectivity index (χ4n) is 8.45. The van der Waals surface area contributed by atoms with Gasteiger partial charge in [0, 0.05) is 69.7 Å². The number of rotatable bonds is 12. The van der Waals surface area contributed by atoms with Gasteiger partial charge in [0.05, 0.1) is 84.3 Å². The van der Waals surface area contributed by atoms with Crippen molar-refractivity contribution in [1.82, 2.24) is 29.8 Å². The van der Waals surface area contributed by atoms with E-state index in [2.05, 4.69) is 58.0 Å². The van der Waals surface area contributed by atoms with Crippen LogP contribution in [0.25, 0.3) is 33.9 Å². The summed E-state index contributed by atoms with van der Waals surface area (Å²) in [6.45, 7) is 21.8. The van der Waals surface area contributed by atoms with Crippen LogP contribution in [0.1, 0.15) is 87.5 Å². The molecule has 19 heteroatoms. The molecule has 2 saturated heterocycles. The summed E-state index contributed by atoms with van der Waals surface area (Å²) in [5.74, 6) is 4.84. The van der Waals surface area contributed by atoms with Crippen LogP contribution < -0.4 is 24.3 Å². The molecule has 0 radical (unpaired) electrons. The Bertz CT molecular complexity index is 2810. The molecule has 0 atom stereocenters. The number of benzene rings is 2. The van der Waals surface area contributed by atoms with Gasteiger partial charge in [-0.3, -0.25) is 4.79 Å². The highest BCUT2D eigenvalue weighted by atomic mass is 32.2. The van der Waals surface area contributed by atoms with Crippen molar-refractivity contribution in [2.45, 2.75) is 89.5 Å². The van der Waals surface area contributed by atoms with E-state index in [0.717, 1.165) is 97.8 Å². The number of hydrogen-bond acceptors (Lipinski definition) is 15. The van der Waals surface area contributed by atoms with Gasteiger partial charge >= 0.3 is 5.97 Å². The summed E-state index contributed by atoms with van der Waals surface area (Å²) in [4.78, 5) is 29.5. The fourth-order valence-corrected chi connectivity index (χ4v) is 11.7. The number of thiophene rings is 2. The normalized spacial score (nSPS) is 16.2. The highest BCUT2D eigenvalue weighted by Gasteiger charge is 2.39. The maximum Gasteiger partial charge on any atom is 0.356 e. The van der Waals surface area contributed by atoms with Crippen LogP contribution in [0.15, 0.2) is 67.7 Å². The number of aromatic nitrogens is 4. The van der Waals surface area contributed by atoms with Gasteiger partial charge in [-0.25, -0.2) is 14.2 Å². The molecule has 4 aliphatic heterocycles. The van der Waals surface area contributed by atoms with Crippen molar-refractivity contribution in [2.75, 3.05) is 65.2 Å². The third kappa shape index (κ3) is 11.6. The number of nitrogens with one attached hydrogen (secondary N) is 1. The lowest BCUT2D eigenvalue weighted by atomic mass is 9.99. The molecule has 2 N–H and O–H groups in total. The second-order valence-corrected chi connectivity index (χ2v) is 23.3. The molecule has 0 bridgehead atoms. The van der Waals surface area contributed by atoms with Gasteiger partial charge in [-0.2, -0.15) is 32.9 Å². The number of ether oxygens (including phenoxy) is 6. The van der Waals surface area contributed by atoms with Crippen molar-refractivity contribution in [3.05, 3.63) is 80.4 Å². The zero-order valence-corrected chi connectivity index (χ0v) is 45.3. The number of carbonyl (C=O) groups is 2. The van der Waals surface area contributed by atoms with Crippen molar-refractivity contribution < 1.29 is 43.1 Å². The minimum atomic E-state index is -1.06. The molecule has 1 amide bonds. The van der Waals surface area contributed by atoms with Crippen molar-refractivity contribution in [3.63, 3.8) is 0 Å². The molecule has 15 nitrogen and oxygen atoms in total. The smallest absolute Gasteiger partial charge is 0.356 e. The maximum absolute atomic E-state index is 13.8. The SMILES string of the molecule is CC1(C)COCCN1.COc1cc2c(cc1SCC(C)C)-c1c(c(C(=O)N3CCOCC3(C)C)nn1-c1ccsc1)CO2.COc1cc2c(cc1SCC(C)C)-c1c(c(C(=O)O)nn1-c1ccsc1)CO2. The van der Waals surface area contributed by atoms with Crippen LogP contribution in [-0.4, -0.2) is 118 Å². The molecule has 0 spiro atoms. The van der Waals surface area contributed by atoms with Crippen LogP contribution in [0, 0.1) is 11.8 Å². The van der Waals surface area contributed by atoms with E-state index in [1.54, 1.807) is 65.1 Å². The minimum Gasteiger partial charge on any atom is -0.495 e. The molecule has 8 heterocycles. The first-order valence-corrected chi connectivity index (χ1v) is 27.6. The van der Waals surface area contributed by atoms with E-state index >= 15 is 0 Å². The average molecular weight is 1050 g/mol. The first-order valence-electron chi connectivity index (χ1n) is 23.7. The molecule has 2 aromatic carbocycles. The van der Waals surface area contributed by atoms with Gasteiger partial charge in [0.15, 0.2) is 11.4 Å². The summed E-state index contributed by atoms with van der Waals surface area (Å²) in [6, 6.07) is 11.9. The van der Waals surface area contributed by atoms with E-state index in [-0.39, 0.29) is 30.4 Å². The summed E-state index contributed by atoms with van der Waals surface area (Å²) in [6.07, 6.45) is 0. The number of thioether (sulfide) groups is 2. The Morgan fingerprint density at radius 3 is 1.68 bits per heavy atom. The Hall–Kier alpha value is -5.02. The maximum atomic E-state index is 13.8. The van der Waals surface area contributed by atoms with Crippen LogP contribution in [0.5, 0.6) is 23.0 Å². The average Bonchev–Trinajstić information content (AvgIpc) is 4.19. The van der Waals surface area contributed by atoms with Gasteiger partial charge < -0.3 is 43.7 Å². The van der Waals surface area contributed by atoms with Crippen molar-refractivity contribution in [1.29, 1.82) is 0 Å². The van der Waals surface area contributed by atoms with Gasteiger partial charge in [0.1, 0.15) is 36.2 Å². The van der Waals surface area contributed by atoms with Crippen molar-refractivity contribution >= 4 is 58.1 Å². The third-order valence-electron chi connectivity index (χ3n) is 12.0. The van der Waals surface area contributed by atoms with Crippen LogP contribution in [0.2, 0.25) is 0 Å². The van der Waals surface area contributed by atoms with Crippen LogP contribution >= 0.6 is 46.2 Å². The molecular weight excluding hydrogens is 981 g/mol. The predicted octanol–water partition coefficient (Wildman–Crippen LogP) is 10.8. The first-order chi connectivity index (χ1) is 34.0. The lowest BCUT2D eigenvalue weighted by Crippen LogP contribution is -2.55. The molecule has 4 aromatic heterocycles. The van der Waals surface area contributed by atoms with E-state index in [9.17, 15) is 14.7 Å². The van der Waals surface area contributed by atoms with Gasteiger partial charge in [-0.15, -0.1) is 23.5 Å². The Labute approximate surface area is 432 Å². The zero-order chi connectivity index (χ0) is 50.6. The summed E-state index contributed by atoms with van der Waals surface area (Å²) in [5, 5.41) is 30.2. The van der Waals surface area contributed by atoms with Crippen LogP contribution in [0.4, 0.5) is 0 Å². The lowest BCUT2D eigenvalue weighted by molar-refractivity contribution is -0.0374. The fraction of sp³-hybridized carbons (Fsp3) is 0.462. The third-order valence-corrected chi connectivity index (χ3v) is 16.3.